The predicted octanol–water partition coefficient (Wildman–Crippen LogP) is 3.75. The van der Waals surface area contributed by atoms with E-state index in [-0.39, 0.29) is 43.7 Å². The van der Waals surface area contributed by atoms with Gasteiger partial charge in [-0.1, -0.05) is 25.1 Å². The maximum atomic E-state index is 12.7. The van der Waals surface area contributed by atoms with Crippen molar-refractivity contribution in [3.63, 3.8) is 0 Å². The van der Waals surface area contributed by atoms with Crippen molar-refractivity contribution in [2.45, 2.75) is 39.5 Å². The van der Waals surface area contributed by atoms with E-state index in [0.717, 1.165) is 17.7 Å². The van der Waals surface area contributed by atoms with E-state index >= 15 is 0 Å². The van der Waals surface area contributed by atoms with Crippen molar-refractivity contribution in [1.29, 1.82) is 0 Å². The van der Waals surface area contributed by atoms with Crippen LogP contribution in [0.5, 0.6) is 0 Å². The fourth-order valence-electron chi connectivity index (χ4n) is 3.10. The number of carboxylic acid groups (broad SMARTS) is 1. The minimum atomic E-state index is -0.994. The van der Waals surface area contributed by atoms with Crippen LogP contribution in [0, 0.1) is 6.92 Å². The Balaban J connectivity index is 1.92. The number of aryl methyl sites for hydroxylation is 1. The Morgan fingerprint density at radius 3 is 2.24 bits per heavy atom. The normalized spacial score (nSPS) is 10.2. The SMILES string of the molecule is CCCN(C(=O)CCC(=O)NCCC(=O)O)c1ccc(NC(=O)Nc2ccccc2C)cc1. The second kappa shape index (κ2) is 12.8. The van der Waals surface area contributed by atoms with Crippen LogP contribution in [0.4, 0.5) is 21.9 Å². The Morgan fingerprint density at radius 2 is 1.61 bits per heavy atom. The maximum absolute atomic E-state index is 12.7. The molecule has 4 N–H and O–H groups in total. The molecular weight excluding hydrogens is 424 g/mol. The van der Waals surface area contributed by atoms with E-state index in [9.17, 15) is 19.2 Å². The molecule has 0 aliphatic carbocycles. The highest BCUT2D eigenvalue weighted by Crippen LogP contribution is 2.20. The number of anilines is 3. The largest absolute Gasteiger partial charge is 0.481 e. The Labute approximate surface area is 193 Å². The third kappa shape index (κ3) is 8.64. The molecule has 9 nitrogen and oxygen atoms in total. The van der Waals surface area contributed by atoms with Crippen LogP contribution in [-0.2, 0) is 14.4 Å². The molecule has 2 rings (SSSR count). The van der Waals surface area contributed by atoms with Gasteiger partial charge < -0.3 is 26.0 Å². The van der Waals surface area contributed by atoms with Crippen LogP contribution in [0.2, 0.25) is 0 Å². The molecule has 0 bridgehead atoms. The van der Waals surface area contributed by atoms with Gasteiger partial charge in [-0.25, -0.2) is 4.79 Å². The van der Waals surface area contributed by atoms with Gasteiger partial charge in [0.1, 0.15) is 0 Å². The number of para-hydroxylation sites is 1. The molecule has 0 spiro atoms. The summed E-state index contributed by atoms with van der Waals surface area (Å²) in [5.41, 5.74) is 2.91. The Kier molecular flexibility index (Phi) is 9.88. The van der Waals surface area contributed by atoms with E-state index in [1.54, 1.807) is 29.2 Å². The first-order valence-corrected chi connectivity index (χ1v) is 10.8. The van der Waals surface area contributed by atoms with Gasteiger partial charge >= 0.3 is 12.0 Å². The number of carbonyl (C=O) groups is 4. The smallest absolute Gasteiger partial charge is 0.323 e. The first-order valence-electron chi connectivity index (χ1n) is 10.8. The number of carbonyl (C=O) groups excluding carboxylic acids is 3. The maximum Gasteiger partial charge on any atom is 0.323 e. The van der Waals surface area contributed by atoms with E-state index in [1.165, 1.54) is 0 Å². The Bertz CT molecular complexity index is 975. The highest BCUT2D eigenvalue weighted by Gasteiger charge is 2.17. The molecule has 0 radical (unpaired) electrons. The first-order chi connectivity index (χ1) is 15.8. The van der Waals surface area contributed by atoms with Gasteiger partial charge in [0, 0.05) is 43.0 Å². The molecule has 0 saturated heterocycles. The van der Waals surface area contributed by atoms with Crippen LogP contribution in [0.1, 0.15) is 38.2 Å². The van der Waals surface area contributed by atoms with Crippen LogP contribution in [-0.4, -0.2) is 42.0 Å². The average Bonchev–Trinajstić information content (AvgIpc) is 2.78. The Hall–Kier alpha value is -3.88. The highest BCUT2D eigenvalue weighted by atomic mass is 16.4. The van der Waals surface area contributed by atoms with Crippen molar-refractivity contribution in [3.05, 3.63) is 54.1 Å². The zero-order chi connectivity index (χ0) is 24.2. The van der Waals surface area contributed by atoms with Crippen LogP contribution in [0.15, 0.2) is 48.5 Å². The number of benzene rings is 2. The number of nitrogens with one attached hydrogen (secondary N) is 3. The summed E-state index contributed by atoms with van der Waals surface area (Å²) in [5.74, 6) is -1.56. The summed E-state index contributed by atoms with van der Waals surface area (Å²) in [4.78, 5) is 48.9. The zero-order valence-corrected chi connectivity index (χ0v) is 18.9. The van der Waals surface area contributed by atoms with Crippen molar-refractivity contribution in [3.8, 4) is 0 Å². The van der Waals surface area contributed by atoms with Gasteiger partial charge in [-0.3, -0.25) is 14.4 Å². The molecule has 0 aliphatic rings. The monoisotopic (exact) mass is 454 g/mol. The average molecular weight is 455 g/mol. The third-order valence-electron chi connectivity index (χ3n) is 4.81. The summed E-state index contributed by atoms with van der Waals surface area (Å²) in [6.07, 6.45) is 0.565. The topological polar surface area (TPSA) is 128 Å². The molecule has 4 amide bonds. The van der Waals surface area contributed by atoms with Crippen molar-refractivity contribution in [2.24, 2.45) is 0 Å². The van der Waals surface area contributed by atoms with Crippen LogP contribution in [0.3, 0.4) is 0 Å². The number of amides is 4. The van der Waals surface area contributed by atoms with Crippen LogP contribution < -0.4 is 20.9 Å². The third-order valence-corrected chi connectivity index (χ3v) is 4.81. The number of rotatable bonds is 11. The summed E-state index contributed by atoms with van der Waals surface area (Å²) >= 11 is 0. The minimum absolute atomic E-state index is 0.0116. The van der Waals surface area contributed by atoms with Gasteiger partial charge in [0.15, 0.2) is 0 Å². The lowest BCUT2D eigenvalue weighted by atomic mass is 10.2. The molecule has 0 heterocycles. The Morgan fingerprint density at radius 1 is 0.909 bits per heavy atom. The first kappa shape index (κ1) is 25.4. The van der Waals surface area contributed by atoms with Gasteiger partial charge in [0.25, 0.3) is 0 Å². The number of carboxylic acids is 1. The standard InChI is InChI=1S/C24H30N4O5/c1-3-16-28(22(30)13-12-21(29)25-15-14-23(31)32)19-10-8-18(9-11-19)26-24(33)27-20-7-5-4-6-17(20)2/h4-11H,3,12-16H2,1-2H3,(H,25,29)(H,31,32)(H2,26,27,33). The fourth-order valence-corrected chi connectivity index (χ4v) is 3.10. The van der Waals surface area contributed by atoms with Gasteiger partial charge in [0.2, 0.25) is 11.8 Å². The molecule has 2 aromatic carbocycles. The van der Waals surface area contributed by atoms with Gasteiger partial charge in [-0.15, -0.1) is 0 Å². The zero-order valence-electron chi connectivity index (χ0n) is 18.9. The van der Waals surface area contributed by atoms with E-state index in [1.807, 2.05) is 38.1 Å². The molecule has 2 aromatic rings. The molecule has 0 atom stereocenters. The van der Waals surface area contributed by atoms with Gasteiger partial charge in [0.05, 0.1) is 6.42 Å². The lowest BCUT2D eigenvalue weighted by Crippen LogP contribution is -2.33. The number of hydrogen-bond donors (Lipinski definition) is 4. The van der Waals surface area contributed by atoms with Crippen molar-refractivity contribution in [1.82, 2.24) is 5.32 Å². The summed E-state index contributed by atoms with van der Waals surface area (Å²) in [5, 5.41) is 16.7. The lowest BCUT2D eigenvalue weighted by molar-refractivity contribution is -0.137. The molecular formula is C24H30N4O5. The molecule has 33 heavy (non-hydrogen) atoms. The summed E-state index contributed by atoms with van der Waals surface area (Å²) in [6, 6.07) is 14.0. The van der Waals surface area contributed by atoms with Crippen LogP contribution >= 0.6 is 0 Å². The fraction of sp³-hybridized carbons (Fsp3) is 0.333. The highest BCUT2D eigenvalue weighted by molar-refractivity contribution is 6.00. The van der Waals surface area contributed by atoms with Crippen LogP contribution in [0.25, 0.3) is 0 Å². The van der Waals surface area contributed by atoms with Crippen molar-refractivity contribution >= 4 is 40.9 Å². The van der Waals surface area contributed by atoms with E-state index in [0.29, 0.717) is 17.9 Å². The quantitative estimate of drug-likeness (QED) is 0.411. The van der Waals surface area contributed by atoms with E-state index < -0.39 is 5.97 Å². The number of nitrogens with zero attached hydrogens (tertiary/aromatic N) is 1. The number of aliphatic carboxylic acids is 1. The summed E-state index contributed by atoms with van der Waals surface area (Å²) in [6.45, 7) is 4.38. The molecule has 0 aliphatic heterocycles. The lowest BCUT2D eigenvalue weighted by Gasteiger charge is -2.22. The van der Waals surface area contributed by atoms with E-state index in [2.05, 4.69) is 16.0 Å². The number of urea groups is 1. The van der Waals surface area contributed by atoms with E-state index in [4.69, 9.17) is 5.11 Å². The molecule has 0 fully saturated rings. The van der Waals surface area contributed by atoms with Gasteiger partial charge in [-0.05, 0) is 49.2 Å². The molecule has 0 aromatic heterocycles. The molecule has 9 heteroatoms. The minimum Gasteiger partial charge on any atom is -0.481 e. The molecule has 0 unspecified atom stereocenters. The van der Waals surface area contributed by atoms with Crippen molar-refractivity contribution in [2.75, 3.05) is 28.6 Å². The molecule has 176 valence electrons. The summed E-state index contributed by atoms with van der Waals surface area (Å²) < 4.78 is 0. The number of hydrogen-bond acceptors (Lipinski definition) is 4. The second-order valence-electron chi connectivity index (χ2n) is 7.48. The summed E-state index contributed by atoms with van der Waals surface area (Å²) in [7, 11) is 0. The second-order valence-corrected chi connectivity index (χ2v) is 7.48. The van der Waals surface area contributed by atoms with Gasteiger partial charge in [-0.2, -0.15) is 0 Å². The molecule has 0 saturated carbocycles. The van der Waals surface area contributed by atoms with Crippen molar-refractivity contribution < 1.29 is 24.3 Å². The predicted molar refractivity (Wildman–Crippen MR) is 127 cm³/mol.